The zero-order valence-corrected chi connectivity index (χ0v) is 9.66. The fraction of sp³-hybridized carbons (Fsp3) is 0.538. The van der Waals surface area contributed by atoms with Crippen LogP contribution in [0.2, 0.25) is 0 Å². The van der Waals surface area contributed by atoms with Crippen LogP contribution in [0, 0.1) is 0 Å². The zero-order chi connectivity index (χ0) is 10.4. The minimum absolute atomic E-state index is 1.10. The lowest BCUT2D eigenvalue weighted by atomic mass is 10.2. The Morgan fingerprint density at radius 2 is 1.71 bits per heavy atom. The highest BCUT2D eigenvalue weighted by atomic mass is 15.3. The van der Waals surface area contributed by atoms with Crippen molar-refractivity contribution in [1.82, 2.24) is 0 Å². The standard InChI is InChI=1S/C13H22N/c1-4-5-11-14(2,3)12-13-9-7-6-8-10-13/h6-10H,4-5,11-12H2,1-3H3/q+1. The molecule has 78 valence electrons. The Kier molecular flexibility index (Phi) is 4.15. The van der Waals surface area contributed by atoms with Crippen LogP contribution in [0.15, 0.2) is 30.3 Å². The van der Waals surface area contributed by atoms with E-state index in [1.807, 2.05) is 0 Å². The SMILES string of the molecule is CCCC[N+](C)(C)Cc1ccccc1. The summed E-state index contributed by atoms with van der Waals surface area (Å²) in [6.07, 6.45) is 2.61. The van der Waals surface area contributed by atoms with Gasteiger partial charge >= 0.3 is 0 Å². The minimum Gasteiger partial charge on any atom is -0.325 e. The van der Waals surface area contributed by atoms with Gasteiger partial charge in [-0.2, -0.15) is 0 Å². The molecule has 1 aromatic rings. The number of hydrogen-bond donors (Lipinski definition) is 0. The average molecular weight is 192 g/mol. The fourth-order valence-corrected chi connectivity index (χ4v) is 1.74. The molecule has 0 aliphatic carbocycles. The number of nitrogens with zero attached hydrogens (tertiary/aromatic N) is 1. The molecule has 0 aromatic heterocycles. The Balaban J connectivity index is 2.50. The quantitative estimate of drug-likeness (QED) is 0.629. The Labute approximate surface area is 88.0 Å². The minimum atomic E-state index is 1.10. The molecule has 0 aliphatic heterocycles. The summed E-state index contributed by atoms with van der Waals surface area (Å²) < 4.78 is 1.10. The second kappa shape index (κ2) is 5.16. The maximum atomic E-state index is 2.31. The third kappa shape index (κ3) is 3.93. The summed E-state index contributed by atoms with van der Waals surface area (Å²) in [4.78, 5) is 0. The van der Waals surface area contributed by atoms with Crippen LogP contribution in [0.5, 0.6) is 0 Å². The topological polar surface area (TPSA) is 0 Å². The normalized spacial score (nSPS) is 11.6. The van der Waals surface area contributed by atoms with Gasteiger partial charge in [0.2, 0.25) is 0 Å². The monoisotopic (exact) mass is 192 g/mol. The van der Waals surface area contributed by atoms with E-state index in [2.05, 4.69) is 51.4 Å². The molecule has 0 aliphatic rings. The van der Waals surface area contributed by atoms with E-state index < -0.39 is 0 Å². The molecule has 14 heavy (non-hydrogen) atoms. The predicted molar refractivity (Wildman–Crippen MR) is 62.0 cm³/mol. The highest BCUT2D eigenvalue weighted by Crippen LogP contribution is 2.10. The van der Waals surface area contributed by atoms with Crippen LogP contribution < -0.4 is 0 Å². The summed E-state index contributed by atoms with van der Waals surface area (Å²) in [5.74, 6) is 0. The van der Waals surface area contributed by atoms with Crippen LogP contribution in [0.25, 0.3) is 0 Å². The molecule has 0 spiro atoms. The van der Waals surface area contributed by atoms with Gasteiger partial charge in [0.15, 0.2) is 0 Å². The highest BCUT2D eigenvalue weighted by Gasteiger charge is 2.14. The third-order valence-corrected chi connectivity index (χ3v) is 2.57. The lowest BCUT2D eigenvalue weighted by Gasteiger charge is -2.29. The van der Waals surface area contributed by atoms with Crippen molar-refractivity contribution in [2.75, 3.05) is 20.6 Å². The first-order chi connectivity index (χ1) is 6.64. The van der Waals surface area contributed by atoms with Crippen LogP contribution in [-0.2, 0) is 6.54 Å². The van der Waals surface area contributed by atoms with E-state index in [1.165, 1.54) is 24.9 Å². The van der Waals surface area contributed by atoms with Gasteiger partial charge in [-0.25, -0.2) is 0 Å². The number of rotatable bonds is 5. The van der Waals surface area contributed by atoms with Gasteiger partial charge in [0.25, 0.3) is 0 Å². The third-order valence-electron chi connectivity index (χ3n) is 2.57. The average Bonchev–Trinajstić information content (AvgIpc) is 2.16. The Hall–Kier alpha value is -0.820. The molecule has 0 radical (unpaired) electrons. The van der Waals surface area contributed by atoms with Gasteiger partial charge in [-0.1, -0.05) is 43.7 Å². The van der Waals surface area contributed by atoms with E-state index >= 15 is 0 Å². The predicted octanol–water partition coefficient (Wildman–Crippen LogP) is 3.06. The fourth-order valence-electron chi connectivity index (χ4n) is 1.74. The lowest BCUT2D eigenvalue weighted by Crippen LogP contribution is -2.39. The Bertz CT molecular complexity index is 251. The molecule has 0 atom stereocenters. The van der Waals surface area contributed by atoms with Crippen molar-refractivity contribution in [3.63, 3.8) is 0 Å². The molecule has 0 fully saturated rings. The molecule has 0 saturated heterocycles. The smallest absolute Gasteiger partial charge is 0.104 e. The maximum absolute atomic E-state index is 2.31. The second-order valence-electron chi connectivity index (χ2n) is 4.66. The van der Waals surface area contributed by atoms with Crippen LogP contribution in [-0.4, -0.2) is 25.1 Å². The maximum Gasteiger partial charge on any atom is 0.104 e. The van der Waals surface area contributed by atoms with E-state index in [0.29, 0.717) is 0 Å². The number of unbranched alkanes of at least 4 members (excludes halogenated alkanes) is 1. The van der Waals surface area contributed by atoms with Crippen molar-refractivity contribution in [2.45, 2.75) is 26.3 Å². The summed E-state index contributed by atoms with van der Waals surface area (Å²) >= 11 is 0. The zero-order valence-electron chi connectivity index (χ0n) is 9.66. The second-order valence-corrected chi connectivity index (χ2v) is 4.66. The van der Waals surface area contributed by atoms with Crippen LogP contribution in [0.3, 0.4) is 0 Å². The van der Waals surface area contributed by atoms with E-state index in [-0.39, 0.29) is 0 Å². The largest absolute Gasteiger partial charge is 0.325 e. The summed E-state index contributed by atoms with van der Waals surface area (Å²) in [7, 11) is 4.62. The Morgan fingerprint density at radius 1 is 1.07 bits per heavy atom. The molecular formula is C13H22N+. The van der Waals surface area contributed by atoms with Gasteiger partial charge in [0.1, 0.15) is 6.54 Å². The number of benzene rings is 1. The number of hydrogen-bond acceptors (Lipinski definition) is 0. The van der Waals surface area contributed by atoms with Gasteiger partial charge in [0.05, 0.1) is 20.6 Å². The molecule has 0 N–H and O–H groups in total. The first-order valence-corrected chi connectivity index (χ1v) is 5.50. The molecule has 0 saturated carbocycles. The first-order valence-electron chi connectivity index (χ1n) is 5.50. The molecule has 0 unspecified atom stereocenters. The van der Waals surface area contributed by atoms with Gasteiger partial charge in [0, 0.05) is 5.56 Å². The summed E-state index contributed by atoms with van der Waals surface area (Å²) in [5.41, 5.74) is 1.44. The number of quaternary nitrogens is 1. The van der Waals surface area contributed by atoms with Crippen LogP contribution in [0.1, 0.15) is 25.3 Å². The van der Waals surface area contributed by atoms with Gasteiger partial charge < -0.3 is 4.48 Å². The summed E-state index contributed by atoms with van der Waals surface area (Å²) in [6, 6.07) is 10.7. The van der Waals surface area contributed by atoms with E-state index in [4.69, 9.17) is 0 Å². The van der Waals surface area contributed by atoms with Crippen molar-refractivity contribution < 1.29 is 4.48 Å². The van der Waals surface area contributed by atoms with Gasteiger partial charge in [-0.15, -0.1) is 0 Å². The van der Waals surface area contributed by atoms with Crippen molar-refractivity contribution in [3.05, 3.63) is 35.9 Å². The van der Waals surface area contributed by atoms with E-state index in [0.717, 1.165) is 11.0 Å². The molecular weight excluding hydrogens is 170 g/mol. The highest BCUT2D eigenvalue weighted by molar-refractivity contribution is 5.13. The van der Waals surface area contributed by atoms with Crippen LogP contribution >= 0.6 is 0 Å². The first kappa shape index (κ1) is 11.3. The van der Waals surface area contributed by atoms with Crippen LogP contribution in [0.4, 0.5) is 0 Å². The van der Waals surface area contributed by atoms with Crippen molar-refractivity contribution in [2.24, 2.45) is 0 Å². The van der Waals surface area contributed by atoms with Crippen molar-refractivity contribution >= 4 is 0 Å². The van der Waals surface area contributed by atoms with Crippen molar-refractivity contribution in [1.29, 1.82) is 0 Å². The van der Waals surface area contributed by atoms with Gasteiger partial charge in [-0.3, -0.25) is 0 Å². The molecule has 1 rings (SSSR count). The van der Waals surface area contributed by atoms with E-state index in [9.17, 15) is 0 Å². The summed E-state index contributed by atoms with van der Waals surface area (Å²) in [5, 5.41) is 0. The molecule has 1 nitrogen and oxygen atoms in total. The summed E-state index contributed by atoms with van der Waals surface area (Å²) in [6.45, 7) is 4.66. The molecule has 0 bridgehead atoms. The van der Waals surface area contributed by atoms with Gasteiger partial charge in [-0.05, 0) is 6.42 Å². The van der Waals surface area contributed by atoms with E-state index in [1.54, 1.807) is 0 Å². The van der Waals surface area contributed by atoms with Crippen molar-refractivity contribution in [3.8, 4) is 0 Å². The molecule has 1 aromatic carbocycles. The molecule has 0 amide bonds. The Morgan fingerprint density at radius 3 is 2.29 bits per heavy atom. The molecule has 0 heterocycles. The lowest BCUT2D eigenvalue weighted by molar-refractivity contribution is -0.903. The molecule has 1 heteroatoms.